The van der Waals surface area contributed by atoms with E-state index in [9.17, 15) is 23.2 Å². The zero-order valence-corrected chi connectivity index (χ0v) is 24.7. The van der Waals surface area contributed by atoms with Crippen LogP contribution in [0.15, 0.2) is 36.5 Å². The molecule has 0 unspecified atom stereocenters. The number of pyridine rings is 1. The van der Waals surface area contributed by atoms with Gasteiger partial charge in [0.05, 0.1) is 16.1 Å². The maximum Gasteiger partial charge on any atom is 0.415 e. The van der Waals surface area contributed by atoms with Gasteiger partial charge < -0.3 is 25.2 Å². The lowest BCUT2D eigenvalue weighted by Gasteiger charge is -2.34. The third kappa shape index (κ3) is 7.39. The molecule has 4 heterocycles. The Morgan fingerprint density at radius 3 is 2.47 bits per heavy atom. The summed E-state index contributed by atoms with van der Waals surface area (Å²) in [6.07, 6.45) is 1.33. The van der Waals surface area contributed by atoms with Gasteiger partial charge in [0, 0.05) is 57.3 Å². The molecule has 2 aromatic heterocycles. The average Bonchev–Trinajstić information content (AvgIpc) is 3.30. The largest absolute Gasteiger partial charge is 0.415 e. The van der Waals surface area contributed by atoms with Crippen LogP contribution in [0.4, 0.5) is 19.4 Å². The topological polar surface area (TPSA) is 122 Å². The second-order valence-corrected chi connectivity index (χ2v) is 11.6. The molecule has 14 heteroatoms. The number of halogens is 3. The maximum absolute atomic E-state index is 13.7. The monoisotopic (exact) mass is 617 g/mol. The van der Waals surface area contributed by atoms with E-state index in [1.165, 1.54) is 15.7 Å². The fourth-order valence-electron chi connectivity index (χ4n) is 5.35. The molecule has 11 nitrogen and oxygen atoms in total. The van der Waals surface area contributed by atoms with Gasteiger partial charge >= 0.3 is 12.1 Å². The van der Waals surface area contributed by atoms with Crippen LogP contribution >= 0.6 is 11.6 Å². The molecule has 2 aliphatic rings. The van der Waals surface area contributed by atoms with Crippen molar-refractivity contribution < 1.29 is 27.9 Å². The third-order valence-corrected chi connectivity index (χ3v) is 8.04. The third-order valence-electron chi connectivity index (χ3n) is 7.82. The first-order chi connectivity index (χ1) is 20.5. The number of carbonyl (C=O) groups excluding carboxylic acids is 3. The molecule has 0 spiro atoms. The van der Waals surface area contributed by atoms with Crippen molar-refractivity contribution in [1.82, 2.24) is 29.7 Å². The number of rotatable bonds is 7. The first-order valence-corrected chi connectivity index (χ1v) is 14.7. The van der Waals surface area contributed by atoms with Gasteiger partial charge in [-0.25, -0.2) is 18.6 Å². The van der Waals surface area contributed by atoms with Crippen LogP contribution in [0.1, 0.15) is 49.9 Å². The van der Waals surface area contributed by atoms with Gasteiger partial charge in [-0.1, -0.05) is 17.7 Å². The van der Waals surface area contributed by atoms with Crippen molar-refractivity contribution in [2.75, 3.05) is 31.5 Å². The lowest BCUT2D eigenvalue weighted by atomic mass is 10.0. The Morgan fingerprint density at radius 1 is 1.09 bits per heavy atom. The zero-order valence-electron chi connectivity index (χ0n) is 24.0. The van der Waals surface area contributed by atoms with Crippen LogP contribution < -0.4 is 15.4 Å². The minimum Gasteiger partial charge on any atom is -0.375 e. The highest BCUT2D eigenvalue weighted by Crippen LogP contribution is 2.31. The summed E-state index contributed by atoms with van der Waals surface area (Å²) in [7, 11) is 0. The number of benzene rings is 1. The van der Waals surface area contributed by atoms with E-state index >= 15 is 0 Å². The van der Waals surface area contributed by atoms with Crippen LogP contribution in [0.25, 0.3) is 11.0 Å². The zero-order chi connectivity index (χ0) is 30.7. The fraction of sp³-hybridized carbons (Fsp3) is 0.483. The standard InChI is InChI=1S/C29H34ClF2N7O4/c1-18(2)37-12-8-20(9-13-37)34-28(42)43-27-36-25-21(26(41)38-14-10-29(31,32)11-15-38)4-3-5-22(25)39(27)17-24(40)35-23-7-6-19(30)16-33-23/h3-7,16,18,20H,8-15,17H2,1-2H3,(H,34,42)(H,33,35,40). The number of hydrogen-bond donors (Lipinski definition) is 2. The number of para-hydroxylation sites is 1. The molecule has 0 bridgehead atoms. The maximum atomic E-state index is 13.7. The summed E-state index contributed by atoms with van der Waals surface area (Å²) >= 11 is 5.89. The lowest BCUT2D eigenvalue weighted by molar-refractivity contribution is -0.116. The van der Waals surface area contributed by atoms with Gasteiger partial charge in [-0.15, -0.1) is 0 Å². The summed E-state index contributed by atoms with van der Waals surface area (Å²) in [6, 6.07) is 8.06. The number of alkyl halides is 2. The number of nitrogens with zero attached hydrogens (tertiary/aromatic N) is 5. The lowest BCUT2D eigenvalue weighted by Crippen LogP contribution is -2.47. The summed E-state index contributed by atoms with van der Waals surface area (Å²) in [5.41, 5.74) is 0.711. The van der Waals surface area contributed by atoms with Crippen LogP contribution in [0.3, 0.4) is 0 Å². The van der Waals surface area contributed by atoms with Crippen molar-refractivity contribution in [3.05, 3.63) is 47.1 Å². The summed E-state index contributed by atoms with van der Waals surface area (Å²) in [5, 5.41) is 5.95. The van der Waals surface area contributed by atoms with Crippen molar-refractivity contribution >= 4 is 46.4 Å². The van der Waals surface area contributed by atoms with Crippen molar-refractivity contribution in [1.29, 1.82) is 0 Å². The van der Waals surface area contributed by atoms with Crippen molar-refractivity contribution in [2.45, 2.75) is 64.1 Å². The van der Waals surface area contributed by atoms with E-state index in [0.29, 0.717) is 16.6 Å². The number of hydrogen-bond acceptors (Lipinski definition) is 7. The number of amides is 3. The molecule has 43 heavy (non-hydrogen) atoms. The van der Waals surface area contributed by atoms with Gasteiger partial charge in [-0.05, 0) is 51.0 Å². The highest BCUT2D eigenvalue weighted by Gasteiger charge is 2.36. The van der Waals surface area contributed by atoms with Gasteiger partial charge in [0.1, 0.15) is 17.9 Å². The minimum atomic E-state index is -2.81. The number of nitrogens with one attached hydrogen (secondary N) is 2. The van der Waals surface area contributed by atoms with Crippen LogP contribution in [-0.2, 0) is 11.3 Å². The molecule has 3 aromatic rings. The number of ether oxygens (including phenoxy) is 1. The first kappa shape index (κ1) is 30.6. The van der Waals surface area contributed by atoms with E-state index in [1.807, 2.05) is 0 Å². The molecule has 2 saturated heterocycles. The van der Waals surface area contributed by atoms with Crippen molar-refractivity contribution in [3.8, 4) is 6.01 Å². The Labute approximate surface area is 252 Å². The summed E-state index contributed by atoms with van der Waals surface area (Å²) in [5.74, 6) is -3.50. The summed E-state index contributed by atoms with van der Waals surface area (Å²) in [6.45, 7) is 5.43. The van der Waals surface area contributed by atoms with Gasteiger partial charge in [0.25, 0.3) is 11.8 Å². The Bertz CT molecular complexity index is 1480. The second-order valence-electron chi connectivity index (χ2n) is 11.1. The van der Waals surface area contributed by atoms with E-state index in [2.05, 4.69) is 39.3 Å². The molecule has 0 aliphatic carbocycles. The normalized spacial score (nSPS) is 17.7. The van der Waals surface area contributed by atoms with E-state index < -0.39 is 36.7 Å². The SMILES string of the molecule is CC(C)N1CCC(NC(=O)Oc2nc3c(C(=O)N4CCC(F)(F)CC4)cccc3n2CC(=O)Nc2ccc(Cl)cn2)CC1. The molecule has 3 amide bonds. The number of carbonyl (C=O) groups is 3. The molecule has 2 fully saturated rings. The van der Waals surface area contributed by atoms with E-state index in [0.717, 1.165) is 25.9 Å². The van der Waals surface area contributed by atoms with Gasteiger partial charge in [-0.2, -0.15) is 4.98 Å². The molecule has 1 aromatic carbocycles. The van der Waals surface area contributed by atoms with Crippen LogP contribution in [0.2, 0.25) is 5.02 Å². The fourth-order valence-corrected chi connectivity index (χ4v) is 5.46. The quantitative estimate of drug-likeness (QED) is 0.399. The van der Waals surface area contributed by atoms with Crippen LogP contribution in [0, 0.1) is 0 Å². The molecule has 0 saturated carbocycles. The predicted octanol–water partition coefficient (Wildman–Crippen LogP) is 4.56. The Balaban J connectivity index is 1.39. The van der Waals surface area contributed by atoms with Gasteiger partial charge in [0.2, 0.25) is 5.91 Å². The molecule has 0 radical (unpaired) electrons. The number of imidazole rings is 1. The second kappa shape index (κ2) is 12.8. The van der Waals surface area contributed by atoms with Gasteiger partial charge in [-0.3, -0.25) is 14.2 Å². The highest BCUT2D eigenvalue weighted by molar-refractivity contribution is 6.30. The minimum absolute atomic E-state index is 0.0889. The molecule has 2 aliphatic heterocycles. The number of likely N-dealkylation sites (tertiary alicyclic amines) is 2. The van der Waals surface area contributed by atoms with E-state index in [-0.39, 0.29) is 48.6 Å². The number of piperidine rings is 2. The molecule has 2 N–H and O–H groups in total. The van der Waals surface area contributed by atoms with E-state index in [4.69, 9.17) is 16.3 Å². The van der Waals surface area contributed by atoms with Crippen LogP contribution in [-0.4, -0.2) is 86.4 Å². The first-order valence-electron chi connectivity index (χ1n) is 14.3. The molecule has 5 rings (SSSR count). The number of fused-ring (bicyclic) bond motifs is 1. The number of anilines is 1. The Kier molecular flexibility index (Phi) is 9.11. The van der Waals surface area contributed by atoms with E-state index in [1.54, 1.807) is 30.3 Å². The Morgan fingerprint density at radius 2 is 1.81 bits per heavy atom. The predicted molar refractivity (Wildman–Crippen MR) is 157 cm³/mol. The van der Waals surface area contributed by atoms with Crippen molar-refractivity contribution in [2.24, 2.45) is 0 Å². The summed E-state index contributed by atoms with van der Waals surface area (Å²) < 4.78 is 34.5. The average molecular weight is 618 g/mol. The Hall–Kier alpha value is -3.84. The highest BCUT2D eigenvalue weighted by atomic mass is 35.5. The number of aromatic nitrogens is 3. The molecule has 0 atom stereocenters. The van der Waals surface area contributed by atoms with Gasteiger partial charge in [0.15, 0.2) is 0 Å². The molecular weight excluding hydrogens is 584 g/mol. The smallest absolute Gasteiger partial charge is 0.375 e. The van der Waals surface area contributed by atoms with Crippen LogP contribution in [0.5, 0.6) is 6.01 Å². The summed E-state index contributed by atoms with van der Waals surface area (Å²) in [4.78, 5) is 51.7. The molecular formula is C29H34ClF2N7O4. The van der Waals surface area contributed by atoms with Crippen molar-refractivity contribution in [3.63, 3.8) is 0 Å². The molecule has 230 valence electrons.